The van der Waals surface area contributed by atoms with Crippen LogP contribution < -0.4 is 10.5 Å². The van der Waals surface area contributed by atoms with E-state index in [2.05, 4.69) is 6.92 Å². The summed E-state index contributed by atoms with van der Waals surface area (Å²) < 4.78 is 5.61. The minimum Gasteiger partial charge on any atom is -0.491 e. The number of hydrogen-bond acceptors (Lipinski definition) is 3. The van der Waals surface area contributed by atoms with E-state index in [0.717, 1.165) is 17.7 Å². The quantitative estimate of drug-likeness (QED) is 0.817. The molecule has 0 amide bonds. The number of benzene rings is 1. The van der Waals surface area contributed by atoms with Crippen molar-refractivity contribution in [1.82, 2.24) is 0 Å². The average molecular weight is 251 g/mol. The van der Waals surface area contributed by atoms with Gasteiger partial charge < -0.3 is 15.6 Å². The van der Waals surface area contributed by atoms with Crippen LogP contribution in [0.25, 0.3) is 0 Å². The van der Waals surface area contributed by atoms with Gasteiger partial charge in [0.2, 0.25) is 0 Å². The lowest BCUT2D eigenvalue weighted by atomic mass is 9.94. The Morgan fingerprint density at radius 3 is 2.28 bits per heavy atom. The highest BCUT2D eigenvalue weighted by Gasteiger charge is 2.25. The summed E-state index contributed by atoms with van der Waals surface area (Å²) in [6, 6.07) is 7.85. The summed E-state index contributed by atoms with van der Waals surface area (Å²) in [4.78, 5) is 0. The summed E-state index contributed by atoms with van der Waals surface area (Å²) in [6.45, 7) is 8.11. The number of ether oxygens (including phenoxy) is 1. The van der Waals surface area contributed by atoms with Crippen molar-refractivity contribution in [3.63, 3.8) is 0 Å². The Kier molecular flexibility index (Phi) is 5.17. The van der Waals surface area contributed by atoms with Gasteiger partial charge in [-0.25, -0.2) is 0 Å². The van der Waals surface area contributed by atoms with E-state index in [0.29, 0.717) is 6.61 Å². The maximum absolute atomic E-state index is 10.1. The number of rotatable bonds is 6. The molecule has 3 heteroatoms. The molecule has 0 aliphatic carbocycles. The first-order valence-corrected chi connectivity index (χ1v) is 6.57. The third-order valence-electron chi connectivity index (χ3n) is 3.52. The maximum Gasteiger partial charge on any atom is 0.119 e. The Bertz CT molecular complexity index is 357. The zero-order chi connectivity index (χ0) is 13.8. The zero-order valence-corrected chi connectivity index (χ0v) is 11.8. The van der Waals surface area contributed by atoms with Gasteiger partial charge in [-0.05, 0) is 37.0 Å². The molecule has 0 spiro atoms. The highest BCUT2D eigenvalue weighted by atomic mass is 16.5. The molecule has 1 aromatic carbocycles. The third kappa shape index (κ3) is 4.00. The van der Waals surface area contributed by atoms with E-state index in [1.165, 1.54) is 0 Å². The monoisotopic (exact) mass is 251 g/mol. The van der Waals surface area contributed by atoms with Crippen molar-refractivity contribution in [3.8, 4) is 5.75 Å². The van der Waals surface area contributed by atoms with E-state index < -0.39 is 5.60 Å². The zero-order valence-electron chi connectivity index (χ0n) is 11.8. The Balaban J connectivity index is 2.59. The molecule has 1 aromatic rings. The van der Waals surface area contributed by atoms with Crippen LogP contribution >= 0.6 is 0 Å². The lowest BCUT2D eigenvalue weighted by Gasteiger charge is -2.27. The second kappa shape index (κ2) is 6.21. The van der Waals surface area contributed by atoms with Crippen molar-refractivity contribution < 1.29 is 9.84 Å². The molecular formula is C15H25NO2. The van der Waals surface area contributed by atoms with Crippen molar-refractivity contribution in [1.29, 1.82) is 0 Å². The van der Waals surface area contributed by atoms with E-state index in [-0.39, 0.29) is 12.0 Å². The molecule has 0 aliphatic rings. The molecule has 2 atom stereocenters. The van der Waals surface area contributed by atoms with Crippen LogP contribution in [-0.2, 0) is 0 Å². The summed E-state index contributed by atoms with van der Waals surface area (Å²) in [5.74, 6) is 0.924. The van der Waals surface area contributed by atoms with Crippen molar-refractivity contribution in [3.05, 3.63) is 29.8 Å². The van der Waals surface area contributed by atoms with Gasteiger partial charge in [-0.2, -0.15) is 0 Å². The smallest absolute Gasteiger partial charge is 0.119 e. The normalized spacial score (nSPS) is 16.4. The third-order valence-corrected chi connectivity index (χ3v) is 3.52. The maximum atomic E-state index is 10.1. The molecule has 1 rings (SSSR count). The van der Waals surface area contributed by atoms with Crippen LogP contribution in [0.2, 0.25) is 0 Å². The topological polar surface area (TPSA) is 55.5 Å². The molecule has 0 fully saturated rings. The van der Waals surface area contributed by atoms with Gasteiger partial charge in [0.15, 0.2) is 0 Å². The van der Waals surface area contributed by atoms with Crippen molar-refractivity contribution >= 4 is 0 Å². The fraction of sp³-hybridized carbons (Fsp3) is 0.600. The first-order valence-electron chi connectivity index (χ1n) is 6.57. The molecule has 0 bridgehead atoms. The van der Waals surface area contributed by atoms with Crippen LogP contribution in [0, 0.1) is 5.92 Å². The number of hydrogen-bond donors (Lipinski definition) is 2. The van der Waals surface area contributed by atoms with E-state index in [9.17, 15) is 5.11 Å². The van der Waals surface area contributed by atoms with Gasteiger partial charge in [-0.15, -0.1) is 0 Å². The van der Waals surface area contributed by atoms with Crippen LogP contribution in [0.15, 0.2) is 24.3 Å². The second-order valence-electron chi connectivity index (χ2n) is 5.38. The Morgan fingerprint density at radius 2 is 1.83 bits per heavy atom. The van der Waals surface area contributed by atoms with Crippen LogP contribution in [0.1, 0.15) is 45.7 Å². The Morgan fingerprint density at radius 1 is 1.28 bits per heavy atom. The number of nitrogens with two attached hydrogens (primary N) is 1. The summed E-state index contributed by atoms with van der Waals surface area (Å²) in [6.07, 6.45) is 0.919. The van der Waals surface area contributed by atoms with Gasteiger partial charge in [-0.1, -0.05) is 32.9 Å². The molecule has 102 valence electrons. The van der Waals surface area contributed by atoms with E-state index in [1.54, 1.807) is 6.92 Å². The van der Waals surface area contributed by atoms with Crippen molar-refractivity contribution in [2.45, 2.75) is 45.8 Å². The van der Waals surface area contributed by atoms with Crippen LogP contribution in [0.3, 0.4) is 0 Å². The van der Waals surface area contributed by atoms with E-state index in [4.69, 9.17) is 10.5 Å². The minimum atomic E-state index is -0.807. The fourth-order valence-electron chi connectivity index (χ4n) is 1.44. The SMILES string of the molecule is CCC(N)c1ccc(OCC(C)(O)C(C)C)cc1. The average Bonchev–Trinajstić information content (AvgIpc) is 2.36. The number of aliphatic hydroxyl groups is 1. The first-order chi connectivity index (χ1) is 8.36. The predicted molar refractivity (Wildman–Crippen MR) is 74.6 cm³/mol. The van der Waals surface area contributed by atoms with Crippen LogP contribution in [0.5, 0.6) is 5.75 Å². The summed E-state index contributed by atoms with van der Waals surface area (Å²) in [5, 5.41) is 10.1. The standard InChI is InChI=1S/C15H25NO2/c1-5-14(16)12-6-8-13(9-7-12)18-10-15(4,17)11(2)3/h6-9,11,14,17H,5,10,16H2,1-4H3. The molecular weight excluding hydrogens is 226 g/mol. The summed E-state index contributed by atoms with van der Waals surface area (Å²) in [5.41, 5.74) is 6.25. The van der Waals surface area contributed by atoms with E-state index >= 15 is 0 Å². The molecule has 3 N–H and O–H groups in total. The van der Waals surface area contributed by atoms with Crippen molar-refractivity contribution in [2.75, 3.05) is 6.61 Å². The highest BCUT2D eigenvalue weighted by molar-refractivity contribution is 5.29. The molecule has 0 aromatic heterocycles. The van der Waals surface area contributed by atoms with Gasteiger partial charge in [-0.3, -0.25) is 0 Å². The lowest BCUT2D eigenvalue weighted by Crippen LogP contribution is -2.37. The molecule has 3 nitrogen and oxygen atoms in total. The molecule has 0 radical (unpaired) electrons. The predicted octanol–water partition coefficient (Wildman–Crippen LogP) is 2.88. The summed E-state index contributed by atoms with van der Waals surface area (Å²) >= 11 is 0. The molecule has 18 heavy (non-hydrogen) atoms. The lowest BCUT2D eigenvalue weighted by molar-refractivity contribution is -0.0266. The fourth-order valence-corrected chi connectivity index (χ4v) is 1.44. The molecule has 0 saturated carbocycles. The van der Waals surface area contributed by atoms with Gasteiger partial charge in [0.1, 0.15) is 12.4 Å². The Hall–Kier alpha value is -1.06. The van der Waals surface area contributed by atoms with Crippen molar-refractivity contribution in [2.24, 2.45) is 11.7 Å². The largest absolute Gasteiger partial charge is 0.491 e. The second-order valence-corrected chi connectivity index (χ2v) is 5.38. The van der Waals surface area contributed by atoms with Gasteiger partial charge in [0.25, 0.3) is 0 Å². The van der Waals surface area contributed by atoms with Gasteiger partial charge in [0, 0.05) is 6.04 Å². The highest BCUT2D eigenvalue weighted by Crippen LogP contribution is 2.21. The first kappa shape index (κ1) is 15.0. The van der Waals surface area contributed by atoms with Gasteiger partial charge >= 0.3 is 0 Å². The molecule has 0 saturated heterocycles. The summed E-state index contributed by atoms with van der Waals surface area (Å²) in [7, 11) is 0. The van der Waals surface area contributed by atoms with Crippen LogP contribution in [-0.4, -0.2) is 17.3 Å². The Labute approximate surface area is 110 Å². The molecule has 0 aliphatic heterocycles. The molecule has 2 unspecified atom stereocenters. The van der Waals surface area contributed by atoms with Crippen LogP contribution in [0.4, 0.5) is 0 Å². The van der Waals surface area contributed by atoms with E-state index in [1.807, 2.05) is 38.1 Å². The minimum absolute atomic E-state index is 0.0813. The van der Waals surface area contributed by atoms with Gasteiger partial charge in [0.05, 0.1) is 5.60 Å². The molecule has 0 heterocycles.